The summed E-state index contributed by atoms with van der Waals surface area (Å²) in [5.74, 6) is -0.163. The minimum Gasteiger partial charge on any atom is -0.384 e. The SMILES string of the molecule is CN(C)CCNc1ccc(CNC(=O)c2ccccc2Cl)cc1. The van der Waals surface area contributed by atoms with Crippen LogP contribution in [-0.2, 0) is 6.54 Å². The van der Waals surface area contributed by atoms with E-state index < -0.39 is 0 Å². The van der Waals surface area contributed by atoms with Crippen molar-refractivity contribution in [2.45, 2.75) is 6.54 Å². The molecule has 0 aromatic heterocycles. The second kappa shape index (κ2) is 8.56. The maximum Gasteiger partial charge on any atom is 0.253 e. The zero-order valence-corrected chi connectivity index (χ0v) is 14.2. The monoisotopic (exact) mass is 331 g/mol. The van der Waals surface area contributed by atoms with E-state index >= 15 is 0 Å². The Bertz CT molecular complexity index is 641. The summed E-state index contributed by atoms with van der Waals surface area (Å²) in [7, 11) is 4.10. The number of amides is 1. The van der Waals surface area contributed by atoms with Gasteiger partial charge in [0.15, 0.2) is 0 Å². The first kappa shape index (κ1) is 17.3. The van der Waals surface area contributed by atoms with E-state index in [0.717, 1.165) is 24.3 Å². The van der Waals surface area contributed by atoms with Crippen molar-refractivity contribution in [1.82, 2.24) is 10.2 Å². The summed E-state index contributed by atoms with van der Waals surface area (Å²) in [5, 5.41) is 6.70. The van der Waals surface area contributed by atoms with Gasteiger partial charge in [-0.25, -0.2) is 0 Å². The van der Waals surface area contributed by atoms with Crippen molar-refractivity contribution in [1.29, 1.82) is 0 Å². The van der Waals surface area contributed by atoms with Gasteiger partial charge in [0.1, 0.15) is 0 Å². The number of benzene rings is 2. The molecule has 0 aliphatic rings. The fourth-order valence-electron chi connectivity index (χ4n) is 2.09. The third kappa shape index (κ3) is 5.58. The first-order valence-electron chi connectivity index (χ1n) is 7.56. The largest absolute Gasteiger partial charge is 0.384 e. The topological polar surface area (TPSA) is 44.4 Å². The van der Waals surface area contributed by atoms with E-state index in [9.17, 15) is 4.79 Å². The van der Waals surface area contributed by atoms with Crippen molar-refractivity contribution in [3.05, 3.63) is 64.7 Å². The van der Waals surface area contributed by atoms with Crippen LogP contribution in [-0.4, -0.2) is 38.0 Å². The number of likely N-dealkylation sites (N-methyl/N-ethyl adjacent to an activating group) is 1. The molecule has 2 N–H and O–H groups in total. The Balaban J connectivity index is 1.84. The van der Waals surface area contributed by atoms with Crippen LogP contribution < -0.4 is 10.6 Å². The minimum absolute atomic E-state index is 0.163. The number of hydrogen-bond donors (Lipinski definition) is 2. The maximum atomic E-state index is 12.1. The Hall–Kier alpha value is -2.04. The third-order valence-corrected chi connectivity index (χ3v) is 3.74. The van der Waals surface area contributed by atoms with E-state index in [4.69, 9.17) is 11.6 Å². The normalized spacial score (nSPS) is 10.6. The molecular formula is C18H22ClN3O. The molecule has 23 heavy (non-hydrogen) atoms. The molecule has 5 heteroatoms. The van der Waals surface area contributed by atoms with Crippen molar-refractivity contribution >= 4 is 23.2 Å². The van der Waals surface area contributed by atoms with Crippen LogP contribution in [0.5, 0.6) is 0 Å². The number of carbonyl (C=O) groups is 1. The van der Waals surface area contributed by atoms with Crippen LogP contribution >= 0.6 is 11.6 Å². The lowest BCUT2D eigenvalue weighted by Gasteiger charge is -2.12. The molecule has 0 aliphatic carbocycles. The Morgan fingerprint density at radius 3 is 2.43 bits per heavy atom. The maximum absolute atomic E-state index is 12.1. The Morgan fingerprint density at radius 1 is 1.09 bits per heavy atom. The van der Waals surface area contributed by atoms with E-state index in [0.29, 0.717) is 17.1 Å². The molecule has 0 spiro atoms. The lowest BCUT2D eigenvalue weighted by atomic mass is 10.2. The number of nitrogens with zero attached hydrogens (tertiary/aromatic N) is 1. The van der Waals surface area contributed by atoms with Gasteiger partial charge in [0.25, 0.3) is 5.91 Å². The van der Waals surface area contributed by atoms with Gasteiger partial charge in [0, 0.05) is 25.3 Å². The fraction of sp³-hybridized carbons (Fsp3) is 0.278. The average Bonchev–Trinajstić information content (AvgIpc) is 2.54. The lowest BCUT2D eigenvalue weighted by Crippen LogP contribution is -2.23. The Morgan fingerprint density at radius 2 is 1.78 bits per heavy atom. The number of carbonyl (C=O) groups excluding carboxylic acids is 1. The highest BCUT2D eigenvalue weighted by molar-refractivity contribution is 6.33. The number of hydrogen-bond acceptors (Lipinski definition) is 3. The standard InChI is InChI=1S/C18H22ClN3O/c1-22(2)12-11-20-15-9-7-14(8-10-15)13-21-18(23)16-5-3-4-6-17(16)19/h3-10,20H,11-13H2,1-2H3,(H,21,23). The highest BCUT2D eigenvalue weighted by Gasteiger charge is 2.08. The zero-order valence-electron chi connectivity index (χ0n) is 13.5. The molecule has 0 radical (unpaired) electrons. The predicted octanol–water partition coefficient (Wildman–Crippen LogP) is 3.24. The number of anilines is 1. The molecule has 0 saturated carbocycles. The van der Waals surface area contributed by atoms with Crippen molar-refractivity contribution in [2.75, 3.05) is 32.5 Å². The van der Waals surface area contributed by atoms with Gasteiger partial charge in [-0.2, -0.15) is 0 Å². The van der Waals surface area contributed by atoms with E-state index in [1.807, 2.05) is 38.4 Å². The molecule has 0 saturated heterocycles. The summed E-state index contributed by atoms with van der Waals surface area (Å²) >= 11 is 6.02. The summed E-state index contributed by atoms with van der Waals surface area (Å²) in [6, 6.07) is 15.1. The molecule has 0 atom stereocenters. The Kier molecular flexibility index (Phi) is 6.44. The molecule has 122 valence electrons. The zero-order chi connectivity index (χ0) is 16.7. The molecule has 4 nitrogen and oxygen atoms in total. The summed E-state index contributed by atoms with van der Waals surface area (Å²) in [6.07, 6.45) is 0. The minimum atomic E-state index is -0.163. The first-order chi connectivity index (χ1) is 11.1. The van der Waals surface area contributed by atoms with E-state index in [1.165, 1.54) is 0 Å². The molecule has 2 aromatic carbocycles. The van der Waals surface area contributed by atoms with Crippen LogP contribution in [0.15, 0.2) is 48.5 Å². The van der Waals surface area contributed by atoms with Crippen molar-refractivity contribution in [3.63, 3.8) is 0 Å². The van der Waals surface area contributed by atoms with Gasteiger partial charge < -0.3 is 15.5 Å². The molecule has 2 aromatic rings. The smallest absolute Gasteiger partial charge is 0.253 e. The molecule has 0 aliphatic heterocycles. The average molecular weight is 332 g/mol. The van der Waals surface area contributed by atoms with Gasteiger partial charge in [0.05, 0.1) is 10.6 Å². The van der Waals surface area contributed by atoms with Gasteiger partial charge in [-0.1, -0.05) is 35.9 Å². The van der Waals surface area contributed by atoms with Crippen LogP contribution in [0.3, 0.4) is 0 Å². The van der Waals surface area contributed by atoms with Crippen LogP contribution in [0.4, 0.5) is 5.69 Å². The predicted molar refractivity (Wildman–Crippen MR) is 96.1 cm³/mol. The van der Waals surface area contributed by atoms with Crippen LogP contribution in [0.2, 0.25) is 5.02 Å². The molecule has 0 unspecified atom stereocenters. The van der Waals surface area contributed by atoms with Gasteiger partial charge in [0.2, 0.25) is 0 Å². The lowest BCUT2D eigenvalue weighted by molar-refractivity contribution is 0.0951. The van der Waals surface area contributed by atoms with Crippen LogP contribution in [0.1, 0.15) is 15.9 Å². The number of nitrogens with one attached hydrogen (secondary N) is 2. The number of halogens is 1. The van der Waals surface area contributed by atoms with Crippen LogP contribution in [0, 0.1) is 0 Å². The molecule has 0 fully saturated rings. The molecule has 2 rings (SSSR count). The van der Waals surface area contributed by atoms with E-state index in [2.05, 4.69) is 15.5 Å². The van der Waals surface area contributed by atoms with Crippen LogP contribution in [0.25, 0.3) is 0 Å². The van der Waals surface area contributed by atoms with Gasteiger partial charge >= 0.3 is 0 Å². The summed E-state index contributed by atoms with van der Waals surface area (Å²) in [5.41, 5.74) is 2.62. The fourth-order valence-corrected chi connectivity index (χ4v) is 2.31. The van der Waals surface area contributed by atoms with Crippen molar-refractivity contribution in [2.24, 2.45) is 0 Å². The molecule has 0 heterocycles. The van der Waals surface area contributed by atoms with Crippen molar-refractivity contribution < 1.29 is 4.79 Å². The van der Waals surface area contributed by atoms with Gasteiger partial charge in [-0.15, -0.1) is 0 Å². The van der Waals surface area contributed by atoms with Crippen molar-refractivity contribution in [3.8, 4) is 0 Å². The second-order valence-corrected chi connectivity index (χ2v) is 6.00. The molecular weight excluding hydrogens is 310 g/mol. The second-order valence-electron chi connectivity index (χ2n) is 5.59. The first-order valence-corrected chi connectivity index (χ1v) is 7.94. The quantitative estimate of drug-likeness (QED) is 0.818. The van der Waals surface area contributed by atoms with E-state index in [1.54, 1.807) is 24.3 Å². The van der Waals surface area contributed by atoms with Gasteiger partial charge in [-0.3, -0.25) is 4.79 Å². The number of rotatable bonds is 7. The van der Waals surface area contributed by atoms with Gasteiger partial charge in [-0.05, 0) is 43.9 Å². The molecule has 1 amide bonds. The molecule has 0 bridgehead atoms. The third-order valence-electron chi connectivity index (χ3n) is 3.41. The summed E-state index contributed by atoms with van der Waals surface area (Å²) in [4.78, 5) is 14.2. The Labute approximate surface area is 142 Å². The highest BCUT2D eigenvalue weighted by Crippen LogP contribution is 2.15. The summed E-state index contributed by atoms with van der Waals surface area (Å²) in [6.45, 7) is 2.35. The van der Waals surface area contributed by atoms with E-state index in [-0.39, 0.29) is 5.91 Å². The highest BCUT2D eigenvalue weighted by atomic mass is 35.5. The summed E-state index contributed by atoms with van der Waals surface area (Å²) < 4.78 is 0.